The number of ether oxygens (including phenoxy) is 1. The van der Waals surface area contributed by atoms with Gasteiger partial charge in [-0.2, -0.15) is 0 Å². The zero-order chi connectivity index (χ0) is 17.0. The number of anilines is 1. The van der Waals surface area contributed by atoms with Gasteiger partial charge < -0.3 is 20.7 Å². The Bertz CT molecular complexity index is 576. The SMILES string of the molecule is CCC(C)C(N)C(=O)NC1CCN(c2ccccc2OC)C1=O. The van der Waals surface area contributed by atoms with E-state index in [0.29, 0.717) is 18.7 Å². The predicted molar refractivity (Wildman–Crippen MR) is 89.3 cm³/mol. The molecule has 1 aliphatic rings. The summed E-state index contributed by atoms with van der Waals surface area (Å²) in [6.07, 6.45) is 1.39. The van der Waals surface area contributed by atoms with Crippen molar-refractivity contribution in [3.63, 3.8) is 0 Å². The normalized spacial score (nSPS) is 20.3. The van der Waals surface area contributed by atoms with Crippen molar-refractivity contribution in [2.45, 2.75) is 38.8 Å². The highest BCUT2D eigenvalue weighted by Crippen LogP contribution is 2.31. The fraction of sp³-hybridized carbons (Fsp3) is 0.529. The number of benzene rings is 1. The maximum atomic E-state index is 12.6. The van der Waals surface area contributed by atoms with Crippen LogP contribution in [-0.4, -0.2) is 37.6 Å². The minimum atomic E-state index is -0.590. The number of rotatable bonds is 6. The molecule has 6 heteroatoms. The average molecular weight is 319 g/mol. The van der Waals surface area contributed by atoms with Gasteiger partial charge in [0.1, 0.15) is 11.8 Å². The fourth-order valence-electron chi connectivity index (χ4n) is 2.69. The molecule has 0 aromatic heterocycles. The van der Waals surface area contributed by atoms with E-state index in [0.717, 1.165) is 12.1 Å². The molecule has 0 radical (unpaired) electrons. The van der Waals surface area contributed by atoms with E-state index >= 15 is 0 Å². The Morgan fingerprint density at radius 3 is 2.83 bits per heavy atom. The first-order valence-electron chi connectivity index (χ1n) is 8.00. The number of nitrogens with zero attached hydrogens (tertiary/aromatic N) is 1. The molecule has 2 rings (SSSR count). The number of carbonyl (C=O) groups excluding carboxylic acids is 2. The molecule has 1 aromatic carbocycles. The first-order valence-corrected chi connectivity index (χ1v) is 8.00. The summed E-state index contributed by atoms with van der Waals surface area (Å²) in [6.45, 7) is 4.46. The lowest BCUT2D eigenvalue weighted by atomic mass is 9.99. The van der Waals surface area contributed by atoms with Crippen molar-refractivity contribution in [1.82, 2.24) is 5.32 Å². The van der Waals surface area contributed by atoms with Gasteiger partial charge in [-0.1, -0.05) is 32.4 Å². The molecule has 0 saturated carbocycles. The van der Waals surface area contributed by atoms with Gasteiger partial charge in [0.2, 0.25) is 11.8 Å². The van der Waals surface area contributed by atoms with E-state index in [1.54, 1.807) is 12.0 Å². The Balaban J connectivity index is 2.06. The van der Waals surface area contributed by atoms with Crippen molar-refractivity contribution >= 4 is 17.5 Å². The predicted octanol–water partition coefficient (Wildman–Crippen LogP) is 1.29. The molecule has 1 fully saturated rings. The van der Waals surface area contributed by atoms with E-state index in [1.165, 1.54) is 0 Å². The summed E-state index contributed by atoms with van der Waals surface area (Å²) < 4.78 is 5.31. The zero-order valence-electron chi connectivity index (χ0n) is 13.9. The molecule has 23 heavy (non-hydrogen) atoms. The van der Waals surface area contributed by atoms with Crippen LogP contribution < -0.4 is 20.7 Å². The van der Waals surface area contributed by atoms with E-state index in [2.05, 4.69) is 5.32 Å². The number of methoxy groups -OCH3 is 1. The molecule has 2 amide bonds. The van der Waals surface area contributed by atoms with Crippen LogP contribution in [-0.2, 0) is 9.59 Å². The summed E-state index contributed by atoms with van der Waals surface area (Å²) >= 11 is 0. The third-order valence-electron chi connectivity index (χ3n) is 4.46. The maximum absolute atomic E-state index is 12.6. The highest BCUT2D eigenvalue weighted by Gasteiger charge is 2.36. The third kappa shape index (κ3) is 3.64. The number of para-hydroxylation sites is 2. The number of nitrogens with two attached hydrogens (primary N) is 1. The van der Waals surface area contributed by atoms with Crippen LogP contribution in [0.2, 0.25) is 0 Å². The minimum absolute atomic E-state index is 0.0804. The van der Waals surface area contributed by atoms with Gasteiger partial charge in [-0.3, -0.25) is 9.59 Å². The van der Waals surface area contributed by atoms with Gasteiger partial charge in [0.05, 0.1) is 18.8 Å². The van der Waals surface area contributed by atoms with Crippen LogP contribution in [0.5, 0.6) is 5.75 Å². The molecule has 1 saturated heterocycles. The number of nitrogens with one attached hydrogen (secondary N) is 1. The number of hydrogen-bond acceptors (Lipinski definition) is 4. The first-order chi connectivity index (χ1) is 11.0. The second-order valence-corrected chi connectivity index (χ2v) is 5.92. The van der Waals surface area contributed by atoms with E-state index in [1.807, 2.05) is 38.1 Å². The van der Waals surface area contributed by atoms with Crippen molar-refractivity contribution in [2.24, 2.45) is 11.7 Å². The van der Waals surface area contributed by atoms with Crippen LogP contribution in [0.15, 0.2) is 24.3 Å². The van der Waals surface area contributed by atoms with Crippen LogP contribution >= 0.6 is 0 Å². The number of amides is 2. The molecular formula is C17H25N3O3. The van der Waals surface area contributed by atoms with Crippen molar-refractivity contribution in [3.05, 3.63) is 24.3 Å². The molecular weight excluding hydrogens is 294 g/mol. The van der Waals surface area contributed by atoms with Gasteiger partial charge in [0.15, 0.2) is 0 Å². The molecule has 6 nitrogen and oxygen atoms in total. The average Bonchev–Trinajstić information content (AvgIpc) is 2.93. The van der Waals surface area contributed by atoms with Crippen molar-refractivity contribution < 1.29 is 14.3 Å². The highest BCUT2D eigenvalue weighted by atomic mass is 16.5. The van der Waals surface area contributed by atoms with Crippen molar-refractivity contribution in [1.29, 1.82) is 0 Å². The molecule has 1 aliphatic heterocycles. The van der Waals surface area contributed by atoms with Crippen LogP contribution in [0.1, 0.15) is 26.7 Å². The Labute approximate surface area is 137 Å². The summed E-state index contributed by atoms with van der Waals surface area (Å²) in [4.78, 5) is 26.4. The summed E-state index contributed by atoms with van der Waals surface area (Å²) in [5, 5.41) is 2.78. The molecule has 3 atom stereocenters. The topological polar surface area (TPSA) is 84.7 Å². The first kappa shape index (κ1) is 17.3. The Hall–Kier alpha value is -2.08. The standard InChI is InChI=1S/C17H25N3O3/c1-4-11(2)15(18)16(21)19-12-9-10-20(17(12)22)13-7-5-6-8-14(13)23-3/h5-8,11-12,15H,4,9-10,18H2,1-3H3,(H,19,21). The van der Waals surface area contributed by atoms with Gasteiger partial charge in [0.25, 0.3) is 0 Å². The largest absolute Gasteiger partial charge is 0.495 e. The lowest BCUT2D eigenvalue weighted by molar-refractivity contribution is -0.128. The third-order valence-corrected chi connectivity index (χ3v) is 4.46. The second kappa shape index (κ2) is 7.46. The number of hydrogen-bond donors (Lipinski definition) is 2. The molecule has 3 unspecified atom stereocenters. The van der Waals surface area contributed by atoms with Crippen LogP contribution in [0.3, 0.4) is 0 Å². The summed E-state index contributed by atoms with van der Waals surface area (Å²) in [5.41, 5.74) is 6.65. The molecule has 3 N–H and O–H groups in total. The Morgan fingerprint density at radius 2 is 2.17 bits per heavy atom. The van der Waals surface area contributed by atoms with E-state index in [9.17, 15) is 9.59 Å². The smallest absolute Gasteiger partial charge is 0.249 e. The van der Waals surface area contributed by atoms with Gasteiger partial charge >= 0.3 is 0 Å². The monoisotopic (exact) mass is 319 g/mol. The minimum Gasteiger partial charge on any atom is -0.495 e. The number of carbonyl (C=O) groups is 2. The fourth-order valence-corrected chi connectivity index (χ4v) is 2.69. The van der Waals surface area contributed by atoms with Gasteiger partial charge in [-0.25, -0.2) is 0 Å². The summed E-state index contributed by atoms with van der Waals surface area (Å²) in [7, 11) is 1.57. The molecule has 1 aromatic rings. The van der Waals surface area contributed by atoms with Crippen molar-refractivity contribution in [3.8, 4) is 5.75 Å². The molecule has 126 valence electrons. The lowest BCUT2D eigenvalue weighted by Crippen LogP contribution is -2.50. The molecule has 0 aliphatic carbocycles. The second-order valence-electron chi connectivity index (χ2n) is 5.92. The highest BCUT2D eigenvalue weighted by molar-refractivity contribution is 6.02. The quantitative estimate of drug-likeness (QED) is 0.827. The molecule has 0 bridgehead atoms. The van der Waals surface area contributed by atoms with Crippen LogP contribution in [0.4, 0.5) is 5.69 Å². The van der Waals surface area contributed by atoms with Crippen LogP contribution in [0, 0.1) is 5.92 Å². The Kier molecular flexibility index (Phi) is 5.60. The summed E-state index contributed by atoms with van der Waals surface area (Å²) in [5.74, 6) is 0.333. The van der Waals surface area contributed by atoms with Gasteiger partial charge in [0, 0.05) is 6.54 Å². The zero-order valence-corrected chi connectivity index (χ0v) is 13.9. The van der Waals surface area contributed by atoms with E-state index < -0.39 is 12.1 Å². The summed E-state index contributed by atoms with van der Waals surface area (Å²) in [6, 6.07) is 6.25. The Morgan fingerprint density at radius 1 is 1.48 bits per heavy atom. The van der Waals surface area contributed by atoms with Crippen molar-refractivity contribution in [2.75, 3.05) is 18.6 Å². The molecule has 0 spiro atoms. The lowest BCUT2D eigenvalue weighted by Gasteiger charge is -2.21. The van der Waals surface area contributed by atoms with Crippen LogP contribution in [0.25, 0.3) is 0 Å². The molecule has 1 heterocycles. The maximum Gasteiger partial charge on any atom is 0.249 e. The van der Waals surface area contributed by atoms with Gasteiger partial charge in [-0.05, 0) is 24.5 Å². The van der Waals surface area contributed by atoms with Gasteiger partial charge in [-0.15, -0.1) is 0 Å². The van der Waals surface area contributed by atoms with E-state index in [4.69, 9.17) is 10.5 Å². The van der Waals surface area contributed by atoms with E-state index in [-0.39, 0.29) is 17.7 Å².